The minimum Gasteiger partial charge on any atom is -0.487 e. The molecule has 0 N–H and O–H groups in total. The van der Waals surface area contributed by atoms with E-state index in [1.165, 1.54) is 95.5 Å². The van der Waals surface area contributed by atoms with Crippen LogP contribution in [0.4, 0.5) is 0 Å². The molecule has 0 aromatic heterocycles. The van der Waals surface area contributed by atoms with Crippen molar-refractivity contribution in [3.8, 4) is 17.2 Å². The van der Waals surface area contributed by atoms with Gasteiger partial charge >= 0.3 is 0 Å². The van der Waals surface area contributed by atoms with Crippen LogP contribution in [0.1, 0.15) is 122 Å². The van der Waals surface area contributed by atoms with Gasteiger partial charge in [-0.05, 0) is 44.2 Å². The first-order chi connectivity index (χ1) is 14.7. The van der Waals surface area contributed by atoms with Gasteiger partial charge in [0.1, 0.15) is 11.4 Å². The fourth-order valence-electron chi connectivity index (χ4n) is 4.84. The molecule has 1 aromatic carbocycles. The number of rotatable bonds is 15. The number of fused-ring (bicyclic) bond motifs is 2. The lowest BCUT2D eigenvalue weighted by Gasteiger charge is -2.36. The summed E-state index contributed by atoms with van der Waals surface area (Å²) < 4.78 is 17.4. The van der Waals surface area contributed by atoms with Crippen LogP contribution in [0, 0.1) is 0 Å². The maximum Gasteiger partial charge on any atom is 0.231 e. The third kappa shape index (κ3) is 7.39. The lowest BCUT2D eigenvalue weighted by atomic mass is 9.88. The predicted molar refractivity (Wildman–Crippen MR) is 125 cm³/mol. The van der Waals surface area contributed by atoms with E-state index in [2.05, 4.69) is 19.9 Å². The summed E-state index contributed by atoms with van der Waals surface area (Å²) in [6.07, 6.45) is 23.0. The second kappa shape index (κ2) is 12.5. The Kier molecular flexibility index (Phi) is 9.68. The highest BCUT2D eigenvalue weighted by Crippen LogP contribution is 2.43. The molecule has 0 bridgehead atoms. The Morgan fingerprint density at radius 3 is 1.83 bits per heavy atom. The molecule has 2 aliphatic rings. The van der Waals surface area contributed by atoms with Gasteiger partial charge in [-0.15, -0.1) is 0 Å². The highest BCUT2D eigenvalue weighted by molar-refractivity contribution is 5.52. The summed E-state index contributed by atoms with van der Waals surface area (Å²) in [7, 11) is 0. The molecule has 0 saturated carbocycles. The summed E-state index contributed by atoms with van der Waals surface area (Å²) in [5.74, 6) is 2.70. The largest absolute Gasteiger partial charge is 0.487 e. The van der Waals surface area contributed by atoms with Gasteiger partial charge in [-0.2, -0.15) is 0 Å². The number of ether oxygens (including phenoxy) is 3. The van der Waals surface area contributed by atoms with E-state index in [9.17, 15) is 0 Å². The van der Waals surface area contributed by atoms with E-state index in [0.29, 0.717) is 6.79 Å². The molecule has 170 valence electrons. The Hall–Kier alpha value is -1.38. The third-order valence-corrected chi connectivity index (χ3v) is 6.89. The molecular weight excluding hydrogens is 372 g/mol. The van der Waals surface area contributed by atoms with Gasteiger partial charge in [0.2, 0.25) is 6.79 Å². The molecule has 3 nitrogen and oxygen atoms in total. The number of benzene rings is 1. The van der Waals surface area contributed by atoms with E-state index in [1.54, 1.807) is 0 Å². The van der Waals surface area contributed by atoms with Crippen molar-refractivity contribution in [3.05, 3.63) is 17.7 Å². The SMILES string of the molecule is CCCCCCCCCCCCCCCCC1(C)CCc2cc3c(cc2O1)OCO3. The minimum absolute atomic E-state index is 0.0299. The standard InChI is InChI=1S/C27H44O3/c1-3-4-5-6-7-8-9-10-11-12-13-14-15-16-18-27(2)19-17-23-20-25-26(29-22-28-25)21-24(23)30-27/h20-21H,3-19,22H2,1-2H3. The van der Waals surface area contributed by atoms with E-state index < -0.39 is 0 Å². The van der Waals surface area contributed by atoms with Crippen molar-refractivity contribution in [2.75, 3.05) is 6.79 Å². The van der Waals surface area contributed by atoms with Crippen LogP contribution in [-0.2, 0) is 6.42 Å². The predicted octanol–water partition coefficient (Wildman–Crippen LogP) is 8.37. The maximum absolute atomic E-state index is 6.42. The van der Waals surface area contributed by atoms with Gasteiger partial charge < -0.3 is 14.2 Å². The van der Waals surface area contributed by atoms with Crippen molar-refractivity contribution in [1.29, 1.82) is 0 Å². The van der Waals surface area contributed by atoms with Gasteiger partial charge in [0.15, 0.2) is 11.5 Å². The van der Waals surface area contributed by atoms with Crippen LogP contribution in [0.3, 0.4) is 0 Å². The smallest absolute Gasteiger partial charge is 0.231 e. The summed E-state index contributed by atoms with van der Waals surface area (Å²) in [5, 5.41) is 0. The molecule has 1 unspecified atom stereocenters. The van der Waals surface area contributed by atoms with Crippen LogP contribution >= 0.6 is 0 Å². The van der Waals surface area contributed by atoms with Gasteiger partial charge in [0.05, 0.1) is 0 Å². The van der Waals surface area contributed by atoms with Crippen LogP contribution in [0.2, 0.25) is 0 Å². The zero-order chi connectivity index (χ0) is 21.1. The molecule has 3 rings (SSSR count). The van der Waals surface area contributed by atoms with Gasteiger partial charge in [-0.25, -0.2) is 0 Å². The second-order valence-corrected chi connectivity index (χ2v) is 9.71. The van der Waals surface area contributed by atoms with Crippen molar-refractivity contribution in [2.45, 2.75) is 129 Å². The summed E-state index contributed by atoms with van der Waals surface area (Å²) >= 11 is 0. The molecule has 0 aliphatic carbocycles. The molecule has 1 atom stereocenters. The number of hydrogen-bond acceptors (Lipinski definition) is 3. The monoisotopic (exact) mass is 416 g/mol. The molecule has 0 fully saturated rings. The molecule has 0 saturated heterocycles. The first-order valence-corrected chi connectivity index (χ1v) is 12.8. The normalized spacial score (nSPS) is 19.5. The highest BCUT2D eigenvalue weighted by Gasteiger charge is 2.32. The van der Waals surface area contributed by atoms with E-state index in [-0.39, 0.29) is 5.60 Å². The molecule has 1 aromatic rings. The molecule has 3 heteroatoms. The van der Waals surface area contributed by atoms with E-state index in [1.807, 2.05) is 6.07 Å². The average molecular weight is 417 g/mol. The second-order valence-electron chi connectivity index (χ2n) is 9.71. The summed E-state index contributed by atoms with van der Waals surface area (Å²) in [6, 6.07) is 4.13. The topological polar surface area (TPSA) is 27.7 Å². The quantitative estimate of drug-likeness (QED) is 0.269. The Labute approximate surface area is 184 Å². The zero-order valence-corrected chi connectivity index (χ0v) is 19.6. The fraction of sp³-hybridized carbons (Fsp3) is 0.778. The van der Waals surface area contributed by atoms with Crippen molar-refractivity contribution in [3.63, 3.8) is 0 Å². The molecule has 0 amide bonds. The lowest BCUT2D eigenvalue weighted by molar-refractivity contribution is 0.0532. The van der Waals surface area contributed by atoms with Crippen LogP contribution in [0.15, 0.2) is 12.1 Å². The van der Waals surface area contributed by atoms with E-state index in [0.717, 1.165) is 36.5 Å². The molecule has 2 heterocycles. The Morgan fingerprint density at radius 2 is 1.23 bits per heavy atom. The fourth-order valence-corrected chi connectivity index (χ4v) is 4.84. The van der Waals surface area contributed by atoms with E-state index in [4.69, 9.17) is 14.2 Å². The summed E-state index contributed by atoms with van der Waals surface area (Å²) in [5.41, 5.74) is 1.23. The maximum atomic E-state index is 6.42. The Bertz CT molecular complexity index is 627. The Balaban J connectivity index is 1.19. The van der Waals surface area contributed by atoms with Crippen LogP contribution in [0.5, 0.6) is 17.2 Å². The third-order valence-electron chi connectivity index (χ3n) is 6.89. The van der Waals surface area contributed by atoms with Gasteiger partial charge in [0.25, 0.3) is 0 Å². The number of aryl methyl sites for hydroxylation is 1. The van der Waals surface area contributed by atoms with Crippen LogP contribution in [0.25, 0.3) is 0 Å². The van der Waals surface area contributed by atoms with Crippen LogP contribution < -0.4 is 14.2 Å². The lowest BCUT2D eigenvalue weighted by Crippen LogP contribution is -2.36. The molecule has 0 spiro atoms. The van der Waals surface area contributed by atoms with E-state index >= 15 is 0 Å². The van der Waals surface area contributed by atoms with Crippen molar-refractivity contribution in [1.82, 2.24) is 0 Å². The van der Waals surface area contributed by atoms with Gasteiger partial charge in [-0.1, -0.05) is 90.4 Å². The minimum atomic E-state index is -0.0299. The van der Waals surface area contributed by atoms with Crippen molar-refractivity contribution < 1.29 is 14.2 Å². The summed E-state index contributed by atoms with van der Waals surface area (Å²) in [6.45, 7) is 4.90. The van der Waals surface area contributed by atoms with Crippen LogP contribution in [-0.4, -0.2) is 12.4 Å². The first kappa shape index (κ1) is 23.3. The zero-order valence-electron chi connectivity index (χ0n) is 19.6. The van der Waals surface area contributed by atoms with Crippen molar-refractivity contribution in [2.24, 2.45) is 0 Å². The Morgan fingerprint density at radius 1 is 0.700 bits per heavy atom. The average Bonchev–Trinajstić information content (AvgIpc) is 3.19. The molecular formula is C27H44O3. The number of hydrogen-bond donors (Lipinski definition) is 0. The molecule has 30 heavy (non-hydrogen) atoms. The first-order valence-electron chi connectivity index (χ1n) is 12.8. The van der Waals surface area contributed by atoms with Crippen molar-refractivity contribution >= 4 is 0 Å². The van der Waals surface area contributed by atoms with Gasteiger partial charge in [0, 0.05) is 6.07 Å². The number of unbranched alkanes of at least 4 members (excludes halogenated alkanes) is 13. The molecule has 0 radical (unpaired) electrons. The van der Waals surface area contributed by atoms with Gasteiger partial charge in [-0.3, -0.25) is 0 Å². The summed E-state index contributed by atoms with van der Waals surface area (Å²) in [4.78, 5) is 0. The molecule has 2 aliphatic heterocycles. The highest BCUT2D eigenvalue weighted by atomic mass is 16.7.